The van der Waals surface area contributed by atoms with E-state index in [9.17, 15) is 14.7 Å². The Morgan fingerprint density at radius 3 is 2.46 bits per heavy atom. The summed E-state index contributed by atoms with van der Waals surface area (Å²) in [7, 11) is 0. The smallest absolute Gasteiger partial charge is 0.346 e. The molecule has 3 aromatic rings. The molecule has 0 saturated heterocycles. The van der Waals surface area contributed by atoms with Gasteiger partial charge in [0.25, 0.3) is 0 Å². The van der Waals surface area contributed by atoms with Gasteiger partial charge in [0.1, 0.15) is 4.88 Å². The molecule has 1 aliphatic heterocycles. The van der Waals surface area contributed by atoms with Crippen LogP contribution in [-0.4, -0.2) is 17.0 Å². The first-order chi connectivity index (χ1) is 12.5. The van der Waals surface area contributed by atoms with Crippen LogP contribution in [0.5, 0.6) is 0 Å². The Kier molecular flexibility index (Phi) is 4.09. The Bertz CT molecular complexity index is 990. The van der Waals surface area contributed by atoms with Crippen LogP contribution in [0.4, 0.5) is 5.69 Å². The highest BCUT2D eigenvalue weighted by atomic mass is 32.1. The number of carbonyl (C=O) groups excluding carboxylic acids is 1. The van der Waals surface area contributed by atoms with Crippen LogP contribution in [0.1, 0.15) is 38.0 Å². The number of aromatic carboxylic acids is 1. The van der Waals surface area contributed by atoms with Crippen LogP contribution in [0.2, 0.25) is 0 Å². The van der Waals surface area contributed by atoms with Crippen LogP contribution in [-0.2, 0) is 4.79 Å². The summed E-state index contributed by atoms with van der Waals surface area (Å²) < 4.78 is 0. The molecule has 5 heteroatoms. The Morgan fingerprint density at radius 2 is 1.81 bits per heavy atom. The van der Waals surface area contributed by atoms with Gasteiger partial charge in [-0.2, -0.15) is 0 Å². The van der Waals surface area contributed by atoms with E-state index in [0.717, 1.165) is 21.6 Å². The van der Waals surface area contributed by atoms with E-state index in [2.05, 4.69) is 5.32 Å². The van der Waals surface area contributed by atoms with Gasteiger partial charge in [0.05, 0.1) is 5.69 Å². The van der Waals surface area contributed by atoms with Gasteiger partial charge in [-0.3, -0.25) is 4.79 Å². The molecule has 0 aliphatic carbocycles. The summed E-state index contributed by atoms with van der Waals surface area (Å²) in [6.07, 6.45) is 0.323. The second kappa shape index (κ2) is 6.42. The summed E-state index contributed by atoms with van der Waals surface area (Å²) in [4.78, 5) is 25.4. The highest BCUT2D eigenvalue weighted by Gasteiger charge is 2.34. The molecule has 1 atom stereocenters. The van der Waals surface area contributed by atoms with Crippen molar-refractivity contribution in [3.8, 4) is 11.1 Å². The van der Waals surface area contributed by atoms with Gasteiger partial charge in [-0.05, 0) is 18.1 Å². The van der Waals surface area contributed by atoms with E-state index in [0.29, 0.717) is 17.7 Å². The lowest BCUT2D eigenvalue weighted by atomic mass is 9.88. The maximum absolute atomic E-state index is 12.4. The van der Waals surface area contributed by atoms with E-state index < -0.39 is 5.97 Å². The number of thiophene rings is 1. The van der Waals surface area contributed by atoms with Crippen molar-refractivity contribution in [2.24, 2.45) is 0 Å². The number of amides is 1. The maximum atomic E-state index is 12.4. The molecule has 0 radical (unpaired) electrons. The third-order valence-corrected chi connectivity index (χ3v) is 5.93. The van der Waals surface area contributed by atoms with E-state index in [-0.39, 0.29) is 16.7 Å². The van der Waals surface area contributed by atoms with Gasteiger partial charge in [0, 0.05) is 22.8 Å². The third kappa shape index (κ3) is 2.80. The van der Waals surface area contributed by atoms with Crippen LogP contribution >= 0.6 is 11.3 Å². The molecule has 4 nitrogen and oxygen atoms in total. The van der Waals surface area contributed by atoms with E-state index in [4.69, 9.17) is 0 Å². The topological polar surface area (TPSA) is 66.4 Å². The number of fused-ring (bicyclic) bond motifs is 1. The molecule has 1 aromatic heterocycles. The van der Waals surface area contributed by atoms with E-state index in [1.165, 1.54) is 11.3 Å². The molecule has 0 saturated carbocycles. The molecule has 1 aliphatic rings. The lowest BCUT2D eigenvalue weighted by Crippen LogP contribution is -2.22. The Morgan fingerprint density at radius 1 is 1.12 bits per heavy atom. The molecule has 2 N–H and O–H groups in total. The van der Waals surface area contributed by atoms with Crippen molar-refractivity contribution < 1.29 is 14.7 Å². The molecule has 1 amide bonds. The van der Waals surface area contributed by atoms with Gasteiger partial charge in [-0.1, -0.05) is 60.2 Å². The Labute approximate surface area is 155 Å². The number of nitrogens with one attached hydrogen (secondary N) is 1. The summed E-state index contributed by atoms with van der Waals surface area (Å²) in [5, 5.41) is 12.7. The molecular formula is C21H17NO3S. The molecule has 0 bridgehead atoms. The lowest BCUT2D eigenvalue weighted by molar-refractivity contribution is -0.116. The summed E-state index contributed by atoms with van der Waals surface area (Å²) in [5.41, 5.74) is 4.22. The van der Waals surface area contributed by atoms with Crippen molar-refractivity contribution in [2.45, 2.75) is 19.3 Å². The van der Waals surface area contributed by atoms with Crippen LogP contribution in [0.15, 0.2) is 54.6 Å². The molecule has 0 fully saturated rings. The van der Waals surface area contributed by atoms with Gasteiger partial charge in [0.15, 0.2) is 0 Å². The predicted octanol–water partition coefficient (Wildman–Crippen LogP) is 4.90. The predicted molar refractivity (Wildman–Crippen MR) is 103 cm³/mol. The first-order valence-electron chi connectivity index (χ1n) is 8.36. The number of carboxylic acids is 1. The number of hydrogen-bond donors (Lipinski definition) is 2. The summed E-state index contributed by atoms with van der Waals surface area (Å²) in [6, 6.07) is 17.4. The van der Waals surface area contributed by atoms with Crippen molar-refractivity contribution in [2.75, 3.05) is 5.32 Å². The molecule has 2 heterocycles. The Hall–Kier alpha value is -2.92. The molecule has 1 unspecified atom stereocenters. The number of hydrogen-bond acceptors (Lipinski definition) is 3. The standard InChI is InChI=1S/C21H17NO3S/c1-12-7-9-13(10-8-12)15-11-16(23)22-18-17(14-5-3-2-4-6-14)20(21(24)25)26-19(15)18/h2-10,15H,11H2,1H3,(H,22,23)(H,24,25). The minimum absolute atomic E-state index is 0.0880. The minimum atomic E-state index is -0.972. The fourth-order valence-electron chi connectivity index (χ4n) is 3.39. The monoisotopic (exact) mass is 363 g/mol. The zero-order valence-electron chi connectivity index (χ0n) is 14.2. The number of aryl methyl sites for hydroxylation is 1. The molecule has 26 heavy (non-hydrogen) atoms. The van der Waals surface area contributed by atoms with Gasteiger partial charge in [-0.15, -0.1) is 11.3 Å². The van der Waals surface area contributed by atoms with Gasteiger partial charge >= 0.3 is 5.97 Å². The molecule has 0 spiro atoms. The van der Waals surface area contributed by atoms with Crippen LogP contribution in [0.3, 0.4) is 0 Å². The zero-order chi connectivity index (χ0) is 18.3. The van der Waals surface area contributed by atoms with E-state index >= 15 is 0 Å². The number of carboxylic acid groups (broad SMARTS) is 1. The quantitative estimate of drug-likeness (QED) is 0.696. The molecule has 130 valence electrons. The van der Waals surface area contributed by atoms with Gasteiger partial charge in [0.2, 0.25) is 5.91 Å². The third-order valence-electron chi connectivity index (χ3n) is 4.64. The van der Waals surface area contributed by atoms with Gasteiger partial charge < -0.3 is 10.4 Å². The average molecular weight is 363 g/mol. The molecule has 2 aromatic carbocycles. The summed E-state index contributed by atoms with van der Waals surface area (Å²) in [5.74, 6) is -1.19. The number of anilines is 1. The number of rotatable bonds is 3. The van der Waals surface area contributed by atoms with E-state index in [1.807, 2.05) is 61.5 Å². The van der Waals surface area contributed by atoms with Crippen LogP contribution < -0.4 is 5.32 Å². The highest BCUT2D eigenvalue weighted by molar-refractivity contribution is 7.15. The first-order valence-corrected chi connectivity index (χ1v) is 9.18. The van der Waals surface area contributed by atoms with Crippen molar-refractivity contribution >= 4 is 28.9 Å². The van der Waals surface area contributed by atoms with Crippen LogP contribution in [0.25, 0.3) is 11.1 Å². The number of carbonyl (C=O) groups is 2. The fraction of sp³-hybridized carbons (Fsp3) is 0.143. The zero-order valence-corrected chi connectivity index (χ0v) is 15.0. The molecular weight excluding hydrogens is 346 g/mol. The summed E-state index contributed by atoms with van der Waals surface area (Å²) >= 11 is 1.26. The second-order valence-electron chi connectivity index (χ2n) is 6.43. The Balaban J connectivity index is 1.93. The van der Waals surface area contributed by atoms with Crippen molar-refractivity contribution in [3.05, 3.63) is 75.5 Å². The van der Waals surface area contributed by atoms with Crippen molar-refractivity contribution in [3.63, 3.8) is 0 Å². The largest absolute Gasteiger partial charge is 0.477 e. The normalized spacial score (nSPS) is 16.0. The lowest BCUT2D eigenvalue weighted by Gasteiger charge is -2.24. The van der Waals surface area contributed by atoms with Crippen molar-refractivity contribution in [1.29, 1.82) is 0 Å². The maximum Gasteiger partial charge on any atom is 0.346 e. The fourth-order valence-corrected chi connectivity index (χ4v) is 4.63. The number of benzene rings is 2. The SMILES string of the molecule is Cc1ccc(C2CC(=O)Nc3c2sc(C(=O)O)c3-c2ccccc2)cc1. The molecule has 4 rings (SSSR count). The average Bonchev–Trinajstić information content (AvgIpc) is 3.02. The second-order valence-corrected chi connectivity index (χ2v) is 7.48. The van der Waals surface area contributed by atoms with Gasteiger partial charge in [-0.25, -0.2) is 4.79 Å². The summed E-state index contributed by atoms with van der Waals surface area (Å²) in [6.45, 7) is 2.02. The van der Waals surface area contributed by atoms with Crippen molar-refractivity contribution in [1.82, 2.24) is 0 Å². The van der Waals surface area contributed by atoms with Crippen LogP contribution in [0, 0.1) is 6.92 Å². The highest BCUT2D eigenvalue weighted by Crippen LogP contribution is 2.49. The van der Waals surface area contributed by atoms with E-state index in [1.54, 1.807) is 0 Å². The minimum Gasteiger partial charge on any atom is -0.477 e. The first kappa shape index (κ1) is 16.5.